The molecule has 4 heteroatoms. The van der Waals surface area contributed by atoms with Gasteiger partial charge in [0.05, 0.1) is 5.52 Å². The highest BCUT2D eigenvalue weighted by Crippen LogP contribution is 2.39. The van der Waals surface area contributed by atoms with E-state index in [9.17, 15) is 0 Å². The molecule has 2 heterocycles. The van der Waals surface area contributed by atoms with Gasteiger partial charge in [0, 0.05) is 12.7 Å². The lowest BCUT2D eigenvalue weighted by molar-refractivity contribution is 0.283. The van der Waals surface area contributed by atoms with Gasteiger partial charge in [0.25, 0.3) is 0 Å². The maximum absolute atomic E-state index is 5.46. The summed E-state index contributed by atoms with van der Waals surface area (Å²) in [7, 11) is 0. The standard InChI is InChI=1S/C14H19N3S/c1-10-5-8-15-12-11(10)16-13(18)17(12)9-14(2)6-3-4-7-14/h5,8H,3-4,6-7,9H2,1-2H3,(H,16,18). The molecule has 3 rings (SSSR count). The smallest absolute Gasteiger partial charge is 0.179 e. The summed E-state index contributed by atoms with van der Waals surface area (Å²) >= 11 is 5.46. The monoisotopic (exact) mass is 261 g/mol. The van der Waals surface area contributed by atoms with Gasteiger partial charge in [0.15, 0.2) is 10.4 Å². The Balaban J connectivity index is 2.09. The zero-order valence-corrected chi connectivity index (χ0v) is 11.8. The van der Waals surface area contributed by atoms with Gasteiger partial charge in [0.1, 0.15) is 0 Å². The van der Waals surface area contributed by atoms with Gasteiger partial charge in [-0.15, -0.1) is 0 Å². The number of aromatic amines is 1. The van der Waals surface area contributed by atoms with Gasteiger partial charge in [0.2, 0.25) is 0 Å². The van der Waals surface area contributed by atoms with Crippen LogP contribution >= 0.6 is 12.2 Å². The van der Waals surface area contributed by atoms with Crippen molar-refractivity contribution in [1.29, 1.82) is 0 Å². The Kier molecular flexibility index (Phi) is 2.77. The fraction of sp³-hybridized carbons (Fsp3) is 0.571. The van der Waals surface area contributed by atoms with E-state index in [0.29, 0.717) is 5.41 Å². The van der Waals surface area contributed by atoms with Gasteiger partial charge in [-0.3, -0.25) is 0 Å². The Labute approximate surface area is 112 Å². The number of rotatable bonds is 2. The number of nitrogens with one attached hydrogen (secondary N) is 1. The van der Waals surface area contributed by atoms with Crippen molar-refractivity contribution in [1.82, 2.24) is 14.5 Å². The molecule has 0 radical (unpaired) electrons. The van der Waals surface area contributed by atoms with Crippen molar-refractivity contribution < 1.29 is 0 Å². The highest BCUT2D eigenvalue weighted by molar-refractivity contribution is 7.71. The third kappa shape index (κ3) is 1.88. The Hall–Kier alpha value is -1.16. The quantitative estimate of drug-likeness (QED) is 0.829. The molecule has 1 fully saturated rings. The molecule has 2 aromatic rings. The molecule has 1 aliphatic rings. The van der Waals surface area contributed by atoms with Crippen molar-refractivity contribution in [3.8, 4) is 0 Å². The highest BCUT2D eigenvalue weighted by Gasteiger charge is 2.30. The summed E-state index contributed by atoms with van der Waals surface area (Å²) < 4.78 is 2.99. The summed E-state index contributed by atoms with van der Waals surface area (Å²) in [5.41, 5.74) is 3.69. The van der Waals surface area contributed by atoms with Gasteiger partial charge in [-0.25, -0.2) is 4.98 Å². The van der Waals surface area contributed by atoms with E-state index in [1.54, 1.807) is 0 Å². The van der Waals surface area contributed by atoms with E-state index in [1.807, 2.05) is 12.3 Å². The molecule has 0 unspecified atom stereocenters. The first-order chi connectivity index (χ1) is 8.59. The number of aryl methyl sites for hydroxylation is 1. The number of aromatic nitrogens is 3. The topological polar surface area (TPSA) is 33.6 Å². The highest BCUT2D eigenvalue weighted by atomic mass is 32.1. The molecule has 1 N–H and O–H groups in total. The lowest BCUT2D eigenvalue weighted by atomic mass is 9.89. The third-order valence-corrected chi connectivity index (χ3v) is 4.54. The van der Waals surface area contributed by atoms with E-state index >= 15 is 0 Å². The van der Waals surface area contributed by atoms with Gasteiger partial charge in [-0.05, 0) is 49.0 Å². The molecule has 1 aliphatic carbocycles. The minimum atomic E-state index is 0.388. The zero-order valence-electron chi connectivity index (χ0n) is 11.0. The van der Waals surface area contributed by atoms with Crippen LogP contribution < -0.4 is 0 Å². The number of H-pyrrole nitrogens is 1. The fourth-order valence-corrected chi connectivity index (χ4v) is 3.34. The molecule has 96 valence electrons. The molecule has 0 spiro atoms. The Bertz CT molecular complexity index is 632. The number of hydrogen-bond donors (Lipinski definition) is 1. The van der Waals surface area contributed by atoms with Crippen LogP contribution in [0.15, 0.2) is 12.3 Å². The predicted octanol–water partition coefficient (Wildman–Crippen LogP) is 3.98. The second-order valence-corrected chi connectivity index (χ2v) is 6.25. The molecule has 0 amide bonds. The molecular formula is C14H19N3S. The summed E-state index contributed by atoms with van der Waals surface area (Å²) in [5.74, 6) is 0. The van der Waals surface area contributed by atoms with Gasteiger partial charge >= 0.3 is 0 Å². The molecule has 0 bridgehead atoms. The second-order valence-electron chi connectivity index (χ2n) is 5.86. The fourth-order valence-electron chi connectivity index (χ4n) is 3.09. The van der Waals surface area contributed by atoms with Crippen LogP contribution in [-0.2, 0) is 6.54 Å². The minimum Gasteiger partial charge on any atom is -0.329 e. The molecule has 3 nitrogen and oxygen atoms in total. The molecule has 0 aliphatic heterocycles. The largest absolute Gasteiger partial charge is 0.329 e. The number of fused-ring (bicyclic) bond motifs is 1. The summed E-state index contributed by atoms with van der Waals surface area (Å²) in [6, 6.07) is 2.02. The van der Waals surface area contributed by atoms with Crippen LogP contribution in [-0.4, -0.2) is 14.5 Å². The molecule has 2 aromatic heterocycles. The van der Waals surface area contributed by atoms with Crippen molar-refractivity contribution in [3.63, 3.8) is 0 Å². The maximum Gasteiger partial charge on any atom is 0.179 e. The van der Waals surface area contributed by atoms with Crippen molar-refractivity contribution in [2.75, 3.05) is 0 Å². The van der Waals surface area contributed by atoms with Crippen molar-refractivity contribution in [2.24, 2.45) is 5.41 Å². The normalized spacial score (nSPS) is 18.6. The molecule has 18 heavy (non-hydrogen) atoms. The summed E-state index contributed by atoms with van der Waals surface area (Å²) in [6.45, 7) is 5.45. The van der Waals surface area contributed by atoms with Gasteiger partial charge in [-0.2, -0.15) is 0 Å². The second kappa shape index (κ2) is 4.19. The SMILES string of the molecule is Cc1ccnc2c1[nH]c(=S)n2CC1(C)CCCC1. The summed E-state index contributed by atoms with van der Waals surface area (Å²) in [5, 5.41) is 0. The Morgan fingerprint density at radius 2 is 2.17 bits per heavy atom. The Morgan fingerprint density at radius 1 is 1.44 bits per heavy atom. The number of pyridine rings is 1. The Morgan fingerprint density at radius 3 is 2.89 bits per heavy atom. The summed E-state index contributed by atoms with van der Waals surface area (Å²) in [4.78, 5) is 7.80. The van der Waals surface area contributed by atoms with Gasteiger partial charge < -0.3 is 9.55 Å². The first-order valence-corrected chi connectivity index (χ1v) is 7.04. The molecule has 0 saturated heterocycles. The van der Waals surface area contributed by atoms with Gasteiger partial charge in [-0.1, -0.05) is 19.8 Å². The van der Waals surface area contributed by atoms with E-state index in [-0.39, 0.29) is 0 Å². The number of imidazole rings is 1. The number of nitrogens with zero attached hydrogens (tertiary/aromatic N) is 2. The zero-order chi connectivity index (χ0) is 12.8. The average molecular weight is 261 g/mol. The van der Waals surface area contributed by atoms with E-state index in [0.717, 1.165) is 22.5 Å². The van der Waals surface area contributed by atoms with E-state index < -0.39 is 0 Å². The van der Waals surface area contributed by atoms with Crippen LogP contribution in [0.3, 0.4) is 0 Å². The van der Waals surface area contributed by atoms with Crippen LogP contribution in [0.25, 0.3) is 11.2 Å². The first kappa shape index (κ1) is 11.9. The first-order valence-electron chi connectivity index (χ1n) is 6.63. The van der Waals surface area contributed by atoms with Crippen LogP contribution in [0.4, 0.5) is 0 Å². The average Bonchev–Trinajstić information content (AvgIpc) is 2.88. The lowest BCUT2D eigenvalue weighted by Crippen LogP contribution is -2.19. The van der Waals surface area contributed by atoms with E-state index in [4.69, 9.17) is 12.2 Å². The molecule has 1 saturated carbocycles. The maximum atomic E-state index is 5.46. The van der Waals surface area contributed by atoms with Crippen LogP contribution in [0, 0.1) is 17.1 Å². The van der Waals surface area contributed by atoms with Crippen LogP contribution in [0.2, 0.25) is 0 Å². The molecule has 0 atom stereocenters. The summed E-state index contributed by atoms with van der Waals surface area (Å²) in [6.07, 6.45) is 7.16. The predicted molar refractivity (Wildman–Crippen MR) is 76.2 cm³/mol. The van der Waals surface area contributed by atoms with E-state index in [2.05, 4.69) is 28.4 Å². The third-order valence-electron chi connectivity index (χ3n) is 4.22. The van der Waals surface area contributed by atoms with Crippen molar-refractivity contribution >= 4 is 23.4 Å². The van der Waals surface area contributed by atoms with Crippen LogP contribution in [0.1, 0.15) is 38.2 Å². The molecular weight excluding hydrogens is 242 g/mol. The van der Waals surface area contributed by atoms with Crippen LogP contribution in [0.5, 0.6) is 0 Å². The number of hydrogen-bond acceptors (Lipinski definition) is 2. The van der Waals surface area contributed by atoms with Crippen molar-refractivity contribution in [2.45, 2.75) is 46.1 Å². The van der Waals surface area contributed by atoms with E-state index in [1.165, 1.54) is 31.2 Å². The lowest BCUT2D eigenvalue weighted by Gasteiger charge is -2.23. The minimum absolute atomic E-state index is 0.388. The van der Waals surface area contributed by atoms with Crippen molar-refractivity contribution in [3.05, 3.63) is 22.6 Å². The molecule has 0 aromatic carbocycles.